The first-order valence-corrected chi connectivity index (χ1v) is 8.15. The second-order valence-corrected chi connectivity index (χ2v) is 7.08. The first-order valence-electron chi connectivity index (χ1n) is 8.15. The molecule has 1 aliphatic rings. The summed E-state index contributed by atoms with van der Waals surface area (Å²) in [5.74, 6) is 0.648. The molecule has 1 aliphatic carbocycles. The highest BCUT2D eigenvalue weighted by Gasteiger charge is 2.36. The standard InChI is InChI=1S/C16H27N5/c1-5-8-11-13-14(20(4)19-11)21(15(17)18-13)12-9-6-7-10-16(12,2)3/h12H,5-10H2,1-4H3,(H2,17,18). The molecule has 5 heteroatoms. The van der Waals surface area contributed by atoms with Gasteiger partial charge in [0.1, 0.15) is 5.52 Å². The Hall–Kier alpha value is -1.52. The van der Waals surface area contributed by atoms with Crippen molar-refractivity contribution < 1.29 is 0 Å². The number of aryl methyl sites for hydroxylation is 2. The number of anilines is 1. The maximum atomic E-state index is 6.29. The van der Waals surface area contributed by atoms with Crippen molar-refractivity contribution in [2.24, 2.45) is 12.5 Å². The highest BCUT2D eigenvalue weighted by molar-refractivity contribution is 5.78. The molecule has 0 spiro atoms. The van der Waals surface area contributed by atoms with Crippen molar-refractivity contribution in [3.63, 3.8) is 0 Å². The SMILES string of the molecule is CCCc1nn(C)c2c1nc(N)n2C1CCCCC1(C)C. The van der Waals surface area contributed by atoms with Gasteiger partial charge in [-0.15, -0.1) is 0 Å². The zero-order valence-electron chi connectivity index (χ0n) is 13.7. The number of nitrogen functional groups attached to an aromatic ring is 1. The van der Waals surface area contributed by atoms with Gasteiger partial charge in [-0.3, -0.25) is 9.25 Å². The zero-order valence-corrected chi connectivity index (χ0v) is 13.7. The maximum Gasteiger partial charge on any atom is 0.202 e. The highest BCUT2D eigenvalue weighted by Crippen LogP contribution is 2.46. The van der Waals surface area contributed by atoms with Crippen molar-refractivity contribution in [1.29, 1.82) is 0 Å². The second-order valence-electron chi connectivity index (χ2n) is 7.08. The first-order chi connectivity index (χ1) is 9.95. The van der Waals surface area contributed by atoms with Crippen LogP contribution >= 0.6 is 0 Å². The normalized spacial score (nSPS) is 22.0. The molecule has 21 heavy (non-hydrogen) atoms. The predicted molar refractivity (Wildman–Crippen MR) is 86.2 cm³/mol. The van der Waals surface area contributed by atoms with E-state index in [1.54, 1.807) is 0 Å². The van der Waals surface area contributed by atoms with Crippen LogP contribution in [0.15, 0.2) is 0 Å². The third kappa shape index (κ3) is 2.23. The van der Waals surface area contributed by atoms with Crippen molar-refractivity contribution in [3.05, 3.63) is 5.69 Å². The topological polar surface area (TPSA) is 61.7 Å². The van der Waals surface area contributed by atoms with Crippen molar-refractivity contribution in [2.45, 2.75) is 65.3 Å². The molecule has 0 saturated heterocycles. The summed E-state index contributed by atoms with van der Waals surface area (Å²) in [5.41, 5.74) is 9.72. The van der Waals surface area contributed by atoms with Gasteiger partial charge in [0.05, 0.1) is 5.69 Å². The molecule has 0 radical (unpaired) electrons. The molecule has 116 valence electrons. The second kappa shape index (κ2) is 5.04. The Labute approximate surface area is 126 Å². The molecule has 1 fully saturated rings. The summed E-state index contributed by atoms with van der Waals surface area (Å²) in [4.78, 5) is 4.65. The van der Waals surface area contributed by atoms with Gasteiger partial charge in [0, 0.05) is 13.1 Å². The molecule has 5 nitrogen and oxygen atoms in total. The lowest BCUT2D eigenvalue weighted by Crippen LogP contribution is -2.31. The molecule has 2 aromatic rings. The van der Waals surface area contributed by atoms with E-state index < -0.39 is 0 Å². The van der Waals surface area contributed by atoms with Gasteiger partial charge < -0.3 is 5.73 Å². The van der Waals surface area contributed by atoms with Gasteiger partial charge in [-0.2, -0.15) is 5.10 Å². The Balaban J connectivity index is 2.16. The Morgan fingerprint density at radius 2 is 2.10 bits per heavy atom. The smallest absolute Gasteiger partial charge is 0.202 e. The number of nitrogens with zero attached hydrogens (tertiary/aromatic N) is 4. The number of hydrogen-bond acceptors (Lipinski definition) is 3. The monoisotopic (exact) mass is 289 g/mol. The average Bonchev–Trinajstić information content (AvgIpc) is 2.88. The minimum atomic E-state index is 0.259. The number of hydrogen-bond donors (Lipinski definition) is 1. The molecule has 1 saturated carbocycles. The highest BCUT2D eigenvalue weighted by atomic mass is 15.4. The summed E-state index contributed by atoms with van der Waals surface area (Å²) in [5, 5.41) is 4.66. The Morgan fingerprint density at radius 3 is 2.76 bits per heavy atom. The van der Waals surface area contributed by atoms with Crippen LogP contribution in [-0.4, -0.2) is 19.3 Å². The number of rotatable bonds is 3. The third-order valence-corrected chi connectivity index (χ3v) is 5.01. The summed E-state index contributed by atoms with van der Waals surface area (Å²) in [6.45, 7) is 6.88. The molecule has 2 aromatic heterocycles. The van der Waals surface area contributed by atoms with E-state index in [-0.39, 0.29) is 5.41 Å². The number of imidazole rings is 1. The van der Waals surface area contributed by atoms with E-state index in [9.17, 15) is 0 Å². The van der Waals surface area contributed by atoms with E-state index in [0.717, 1.165) is 29.7 Å². The molecular weight excluding hydrogens is 262 g/mol. The van der Waals surface area contributed by atoms with Gasteiger partial charge in [-0.05, 0) is 24.7 Å². The van der Waals surface area contributed by atoms with Gasteiger partial charge in [0.2, 0.25) is 5.95 Å². The van der Waals surface area contributed by atoms with Crippen LogP contribution < -0.4 is 5.73 Å². The van der Waals surface area contributed by atoms with E-state index in [2.05, 4.69) is 35.4 Å². The molecule has 0 amide bonds. The summed E-state index contributed by atoms with van der Waals surface area (Å²) >= 11 is 0. The van der Waals surface area contributed by atoms with E-state index in [1.165, 1.54) is 25.7 Å². The van der Waals surface area contributed by atoms with Crippen LogP contribution in [0, 0.1) is 5.41 Å². The molecule has 2 N–H and O–H groups in total. The zero-order chi connectivity index (χ0) is 15.2. The lowest BCUT2D eigenvalue weighted by atomic mass is 9.73. The largest absolute Gasteiger partial charge is 0.369 e. The molecular formula is C16H27N5. The molecule has 1 atom stereocenters. The molecule has 0 aromatic carbocycles. The molecule has 2 heterocycles. The Bertz CT molecular complexity index is 649. The molecule has 1 unspecified atom stereocenters. The molecule has 3 rings (SSSR count). The van der Waals surface area contributed by atoms with Crippen LogP contribution in [0.25, 0.3) is 11.2 Å². The number of aromatic nitrogens is 4. The van der Waals surface area contributed by atoms with Crippen LogP contribution in [0.5, 0.6) is 0 Å². The van der Waals surface area contributed by atoms with Crippen LogP contribution in [0.2, 0.25) is 0 Å². The first kappa shape index (κ1) is 14.4. The van der Waals surface area contributed by atoms with E-state index in [1.807, 2.05) is 11.7 Å². The Kier molecular flexibility index (Phi) is 3.46. The van der Waals surface area contributed by atoms with Crippen LogP contribution in [0.3, 0.4) is 0 Å². The third-order valence-electron chi connectivity index (χ3n) is 5.01. The van der Waals surface area contributed by atoms with Crippen molar-refractivity contribution in [1.82, 2.24) is 19.3 Å². The minimum absolute atomic E-state index is 0.259. The van der Waals surface area contributed by atoms with Crippen LogP contribution in [0.1, 0.15) is 64.6 Å². The van der Waals surface area contributed by atoms with E-state index in [4.69, 9.17) is 5.73 Å². The van der Waals surface area contributed by atoms with E-state index in [0.29, 0.717) is 12.0 Å². The van der Waals surface area contributed by atoms with Crippen LogP contribution in [0.4, 0.5) is 5.95 Å². The van der Waals surface area contributed by atoms with Gasteiger partial charge in [-0.25, -0.2) is 4.98 Å². The average molecular weight is 289 g/mol. The van der Waals surface area contributed by atoms with Crippen molar-refractivity contribution in [3.8, 4) is 0 Å². The quantitative estimate of drug-likeness (QED) is 0.941. The lowest BCUT2D eigenvalue weighted by Gasteiger charge is -2.39. The van der Waals surface area contributed by atoms with Gasteiger partial charge >= 0.3 is 0 Å². The fourth-order valence-electron chi connectivity index (χ4n) is 3.89. The summed E-state index contributed by atoms with van der Waals surface area (Å²) in [7, 11) is 2.01. The van der Waals surface area contributed by atoms with Crippen molar-refractivity contribution >= 4 is 17.1 Å². The van der Waals surface area contributed by atoms with Gasteiger partial charge in [0.15, 0.2) is 5.65 Å². The van der Waals surface area contributed by atoms with Crippen LogP contribution in [-0.2, 0) is 13.5 Å². The van der Waals surface area contributed by atoms with Gasteiger partial charge in [0.25, 0.3) is 0 Å². The number of nitrogens with two attached hydrogens (primary N) is 1. The van der Waals surface area contributed by atoms with E-state index >= 15 is 0 Å². The predicted octanol–water partition coefficient (Wildman–Crippen LogP) is 3.45. The summed E-state index contributed by atoms with van der Waals surface area (Å²) < 4.78 is 4.22. The fourth-order valence-corrected chi connectivity index (χ4v) is 3.89. The van der Waals surface area contributed by atoms with Crippen molar-refractivity contribution in [2.75, 3.05) is 5.73 Å². The minimum Gasteiger partial charge on any atom is -0.369 e. The fraction of sp³-hybridized carbons (Fsp3) is 0.750. The summed E-state index contributed by atoms with van der Waals surface area (Å²) in [6.07, 6.45) is 7.05. The Morgan fingerprint density at radius 1 is 1.33 bits per heavy atom. The van der Waals surface area contributed by atoms with Gasteiger partial charge in [-0.1, -0.05) is 40.0 Å². The molecule has 0 bridgehead atoms. The lowest BCUT2D eigenvalue weighted by molar-refractivity contribution is 0.148. The molecule has 0 aliphatic heterocycles. The summed E-state index contributed by atoms with van der Waals surface area (Å²) in [6, 6.07) is 0.418. The maximum absolute atomic E-state index is 6.29. The number of fused-ring (bicyclic) bond motifs is 1.